The van der Waals surface area contributed by atoms with Gasteiger partial charge in [0.05, 0.1) is 13.2 Å². The van der Waals surface area contributed by atoms with Crippen LogP contribution in [0.4, 0.5) is 0 Å². The lowest BCUT2D eigenvalue weighted by atomic mass is 10.2. The Labute approximate surface area is 125 Å². The lowest BCUT2D eigenvalue weighted by molar-refractivity contribution is -0.172. The molecule has 1 atom stereocenters. The van der Waals surface area contributed by atoms with Crippen LogP contribution in [0.5, 0.6) is 0 Å². The average Bonchev–Trinajstić information content (AvgIpc) is 2.51. The van der Waals surface area contributed by atoms with Gasteiger partial charge in [-0.15, -0.1) is 0 Å². The smallest absolute Gasteiger partial charge is 0.331 e. The molecule has 6 heteroatoms. The maximum absolute atomic E-state index is 11.3. The van der Waals surface area contributed by atoms with Crippen LogP contribution in [0.2, 0.25) is 0 Å². The summed E-state index contributed by atoms with van der Waals surface area (Å²) in [6.45, 7) is 3.50. The van der Waals surface area contributed by atoms with Crippen LogP contribution in [0.1, 0.15) is 39.0 Å². The van der Waals surface area contributed by atoms with Crippen LogP contribution in [0.3, 0.4) is 0 Å². The molecule has 0 spiro atoms. The minimum Gasteiger partial charge on any atom is -0.463 e. The van der Waals surface area contributed by atoms with Crippen LogP contribution in [0, 0.1) is 0 Å². The van der Waals surface area contributed by atoms with Gasteiger partial charge in [0.25, 0.3) is 0 Å². The first kappa shape index (κ1) is 17.7. The topological polar surface area (TPSA) is 71.1 Å². The van der Waals surface area contributed by atoms with Gasteiger partial charge in [0.15, 0.2) is 6.29 Å². The van der Waals surface area contributed by atoms with E-state index in [4.69, 9.17) is 18.9 Å². The second-order valence-electron chi connectivity index (χ2n) is 4.69. The lowest BCUT2D eigenvalue weighted by Gasteiger charge is -2.22. The number of ether oxygens (including phenoxy) is 4. The second kappa shape index (κ2) is 11.3. The molecule has 6 nitrogen and oxygen atoms in total. The van der Waals surface area contributed by atoms with Crippen LogP contribution in [0.25, 0.3) is 0 Å². The molecule has 0 aromatic heterocycles. The van der Waals surface area contributed by atoms with Crippen molar-refractivity contribution in [3.8, 4) is 0 Å². The minimum absolute atomic E-state index is 0.133. The molecule has 120 valence electrons. The molecule has 1 unspecified atom stereocenters. The van der Waals surface area contributed by atoms with Crippen LogP contribution in [-0.2, 0) is 28.5 Å². The fourth-order valence-electron chi connectivity index (χ4n) is 1.71. The van der Waals surface area contributed by atoms with E-state index in [0.717, 1.165) is 44.3 Å². The Kier molecular flexibility index (Phi) is 9.48. The van der Waals surface area contributed by atoms with Gasteiger partial charge in [-0.1, -0.05) is 13.3 Å². The zero-order chi connectivity index (χ0) is 15.3. The van der Waals surface area contributed by atoms with E-state index < -0.39 is 11.9 Å². The average molecular weight is 300 g/mol. The second-order valence-corrected chi connectivity index (χ2v) is 4.69. The van der Waals surface area contributed by atoms with E-state index in [-0.39, 0.29) is 19.5 Å². The van der Waals surface area contributed by atoms with Gasteiger partial charge in [-0.25, -0.2) is 9.59 Å². The number of carbonyl (C=O) groups excluding carboxylic acids is 2. The highest BCUT2D eigenvalue weighted by molar-refractivity contribution is 5.91. The van der Waals surface area contributed by atoms with Crippen molar-refractivity contribution < 1.29 is 28.5 Å². The third-order valence-corrected chi connectivity index (χ3v) is 2.87. The Bertz CT molecular complexity index is 333. The molecule has 0 saturated carbocycles. The van der Waals surface area contributed by atoms with E-state index >= 15 is 0 Å². The molecule has 0 bridgehead atoms. The van der Waals surface area contributed by atoms with Crippen molar-refractivity contribution >= 4 is 11.9 Å². The normalized spacial score (nSPS) is 18.6. The predicted molar refractivity (Wildman–Crippen MR) is 75.5 cm³/mol. The van der Waals surface area contributed by atoms with E-state index in [0.29, 0.717) is 13.2 Å². The molecule has 0 aromatic carbocycles. The molecule has 1 fully saturated rings. The Morgan fingerprint density at radius 1 is 1.10 bits per heavy atom. The largest absolute Gasteiger partial charge is 0.463 e. The minimum atomic E-state index is -0.587. The fourth-order valence-corrected chi connectivity index (χ4v) is 1.71. The molecule has 0 radical (unpaired) electrons. The highest BCUT2D eigenvalue weighted by atomic mass is 16.7. The van der Waals surface area contributed by atoms with Crippen molar-refractivity contribution in [1.82, 2.24) is 0 Å². The Morgan fingerprint density at radius 2 is 1.81 bits per heavy atom. The zero-order valence-corrected chi connectivity index (χ0v) is 12.5. The molecule has 0 aliphatic carbocycles. The summed E-state index contributed by atoms with van der Waals surface area (Å²) >= 11 is 0. The summed E-state index contributed by atoms with van der Waals surface area (Å²) in [6.07, 6.45) is 6.73. The molecule has 1 aliphatic rings. The first-order valence-corrected chi connectivity index (χ1v) is 7.47. The number of unbranched alkanes of at least 4 members (excludes halogenated alkanes) is 1. The number of esters is 2. The van der Waals surface area contributed by atoms with Gasteiger partial charge >= 0.3 is 11.9 Å². The predicted octanol–water partition coefficient (Wildman–Crippen LogP) is 1.97. The van der Waals surface area contributed by atoms with Crippen molar-refractivity contribution in [1.29, 1.82) is 0 Å². The molecule has 1 rings (SSSR count). The highest BCUT2D eigenvalue weighted by Crippen LogP contribution is 2.13. The third-order valence-electron chi connectivity index (χ3n) is 2.87. The Balaban J connectivity index is 2.03. The van der Waals surface area contributed by atoms with E-state index in [2.05, 4.69) is 0 Å². The van der Waals surface area contributed by atoms with E-state index in [1.807, 2.05) is 6.92 Å². The quantitative estimate of drug-likeness (QED) is 0.368. The van der Waals surface area contributed by atoms with Crippen molar-refractivity contribution in [2.45, 2.75) is 45.3 Å². The fraction of sp³-hybridized carbons (Fsp3) is 0.733. The highest BCUT2D eigenvalue weighted by Gasteiger charge is 2.13. The van der Waals surface area contributed by atoms with Gasteiger partial charge in [0.1, 0.15) is 6.61 Å². The maximum atomic E-state index is 11.3. The van der Waals surface area contributed by atoms with Crippen LogP contribution in [0.15, 0.2) is 12.2 Å². The van der Waals surface area contributed by atoms with Crippen LogP contribution < -0.4 is 0 Å². The van der Waals surface area contributed by atoms with E-state index in [1.54, 1.807) is 0 Å². The monoisotopic (exact) mass is 300 g/mol. The van der Waals surface area contributed by atoms with Gasteiger partial charge < -0.3 is 18.9 Å². The first-order chi connectivity index (χ1) is 10.2. The van der Waals surface area contributed by atoms with Crippen molar-refractivity contribution in [2.24, 2.45) is 0 Å². The number of hydrogen-bond donors (Lipinski definition) is 0. The molecule has 1 saturated heterocycles. The Morgan fingerprint density at radius 3 is 2.43 bits per heavy atom. The SMILES string of the molecule is CCCCOC(=O)/C=C/C(=O)OCCOC1CCCCO1. The summed E-state index contributed by atoms with van der Waals surface area (Å²) in [4.78, 5) is 22.5. The van der Waals surface area contributed by atoms with E-state index in [1.165, 1.54) is 0 Å². The molecule has 1 aliphatic heterocycles. The third kappa shape index (κ3) is 9.20. The maximum Gasteiger partial charge on any atom is 0.331 e. The first-order valence-electron chi connectivity index (χ1n) is 7.47. The van der Waals surface area contributed by atoms with Gasteiger partial charge in [-0.3, -0.25) is 0 Å². The molecule has 21 heavy (non-hydrogen) atoms. The molecule has 0 N–H and O–H groups in total. The van der Waals surface area contributed by atoms with Gasteiger partial charge in [-0.2, -0.15) is 0 Å². The summed E-state index contributed by atoms with van der Waals surface area (Å²) in [6, 6.07) is 0. The number of hydrogen-bond acceptors (Lipinski definition) is 6. The standard InChI is InChI=1S/C15H24O6/c1-2-3-9-18-13(16)7-8-14(17)19-11-12-21-15-6-4-5-10-20-15/h7-8,15H,2-6,9-12H2,1H3/b8-7+. The zero-order valence-electron chi connectivity index (χ0n) is 12.5. The summed E-state index contributed by atoms with van der Waals surface area (Å²) in [5.41, 5.74) is 0. The van der Waals surface area contributed by atoms with Crippen LogP contribution in [-0.4, -0.2) is 44.7 Å². The van der Waals surface area contributed by atoms with E-state index in [9.17, 15) is 9.59 Å². The van der Waals surface area contributed by atoms with Crippen molar-refractivity contribution in [3.63, 3.8) is 0 Å². The Hall–Kier alpha value is -1.40. The van der Waals surface area contributed by atoms with Gasteiger partial charge in [0.2, 0.25) is 0 Å². The van der Waals surface area contributed by atoms with Gasteiger partial charge in [-0.05, 0) is 25.7 Å². The molecule has 0 aromatic rings. The number of carbonyl (C=O) groups is 2. The molecular weight excluding hydrogens is 276 g/mol. The van der Waals surface area contributed by atoms with Crippen molar-refractivity contribution in [3.05, 3.63) is 12.2 Å². The summed E-state index contributed by atoms with van der Waals surface area (Å²) in [5, 5.41) is 0. The summed E-state index contributed by atoms with van der Waals surface area (Å²) in [5.74, 6) is -1.12. The molecular formula is C15H24O6. The number of rotatable bonds is 9. The lowest BCUT2D eigenvalue weighted by Crippen LogP contribution is -2.24. The van der Waals surface area contributed by atoms with Gasteiger partial charge in [0, 0.05) is 18.8 Å². The molecule has 0 amide bonds. The van der Waals surface area contributed by atoms with Crippen LogP contribution >= 0.6 is 0 Å². The summed E-state index contributed by atoms with van der Waals surface area (Å²) < 4.78 is 20.5. The van der Waals surface area contributed by atoms with Crippen molar-refractivity contribution in [2.75, 3.05) is 26.4 Å². The summed E-state index contributed by atoms with van der Waals surface area (Å²) in [7, 11) is 0. The molecule has 1 heterocycles.